The molecular formula is C53H49F2N8O6S3+. The number of phenols is 1. The van der Waals surface area contributed by atoms with Crippen molar-refractivity contribution in [3.63, 3.8) is 0 Å². The molecule has 0 amide bonds. The number of rotatable bonds is 14. The molecule has 3 aliphatic rings. The molecule has 0 saturated heterocycles. The van der Waals surface area contributed by atoms with E-state index in [1.54, 1.807) is 43.3 Å². The summed E-state index contributed by atoms with van der Waals surface area (Å²) in [6.07, 6.45) is 7.59. The molecule has 5 unspecified atom stereocenters. The topological polar surface area (TPSA) is 163 Å². The number of aryl methyl sites for hydroxylation is 1. The van der Waals surface area contributed by atoms with Gasteiger partial charge in [0.05, 0.1) is 61.6 Å². The van der Waals surface area contributed by atoms with Gasteiger partial charge in [-0.25, -0.2) is 19.0 Å². The third-order valence-electron chi connectivity index (χ3n) is 14.6. The van der Waals surface area contributed by atoms with Gasteiger partial charge in [-0.2, -0.15) is 5.10 Å². The molecule has 2 N–H and O–H groups in total. The van der Waals surface area contributed by atoms with Crippen molar-refractivity contribution in [3.8, 4) is 40.0 Å². The third kappa shape index (κ3) is 7.65. The molecule has 0 spiro atoms. The van der Waals surface area contributed by atoms with Crippen molar-refractivity contribution in [2.75, 3.05) is 20.9 Å². The molecule has 5 atom stereocenters. The SMILES string of the molecule is COc1ccc(-c2nc3sc4c(c3c(=O)n2Cc2n[n+](C3CC3c3cc(OC)ccc3-c3nc5sc6c(O)c(C)ccc6c5c(=O)n3Cc3cnn(C(F)CCF)c3)cs2)C=CC(C)C4(C)O)c(C2CC2)c1. The fourth-order valence-electron chi connectivity index (χ4n) is 10.1. The molecule has 2 saturated carbocycles. The van der Waals surface area contributed by atoms with E-state index in [4.69, 9.17) is 24.5 Å². The van der Waals surface area contributed by atoms with Crippen LogP contribution >= 0.6 is 34.0 Å². The number of aromatic nitrogens is 8. The van der Waals surface area contributed by atoms with Gasteiger partial charge in [0, 0.05) is 62.6 Å². The van der Waals surface area contributed by atoms with E-state index in [0.717, 1.165) is 44.8 Å². The standard InChI is InChI=1S/C53H48F2N8O6S3/c1-26-6-12-34-42-49(71-45(34)44(26)64)57-48(60(51(42)65)22-28-21-56-62(23-28)40(55)16-17-54)33-15-11-31(69-5)19-37(33)38-20-39(38)63-25-70-41(59-63)24-61-47(32-14-10-30(68-4)18-36(32)29-8-9-29)58-50-43(52(61)66)35-13-7-27(2)53(3,67)46(35)72-50/h6-7,10-15,18-19,21,23,25,27,29,38-40,67H,8-9,16-17,20,22,24H2,1-5H3/p+1. The lowest BCUT2D eigenvalue weighted by molar-refractivity contribution is -0.753. The van der Waals surface area contributed by atoms with Crippen LogP contribution in [0.4, 0.5) is 8.78 Å². The summed E-state index contributed by atoms with van der Waals surface area (Å²) in [5.74, 6) is 2.43. The highest BCUT2D eigenvalue weighted by Crippen LogP contribution is 2.52. The van der Waals surface area contributed by atoms with Gasteiger partial charge in [0.25, 0.3) is 16.6 Å². The number of benzene rings is 3. The number of aromatic hydroxyl groups is 1. The number of methoxy groups -OCH3 is 2. The number of ether oxygens (including phenoxy) is 2. The molecular weight excluding hydrogens is 979 g/mol. The Balaban J connectivity index is 0.938. The van der Waals surface area contributed by atoms with E-state index in [2.05, 4.69) is 5.10 Å². The summed E-state index contributed by atoms with van der Waals surface area (Å²) in [7, 11) is 3.25. The van der Waals surface area contributed by atoms with Crippen molar-refractivity contribution in [3.05, 3.63) is 131 Å². The van der Waals surface area contributed by atoms with Crippen molar-refractivity contribution < 1.29 is 33.1 Å². The Labute approximate surface area is 422 Å². The van der Waals surface area contributed by atoms with Crippen molar-refractivity contribution in [2.45, 2.75) is 89.3 Å². The highest BCUT2D eigenvalue weighted by atomic mass is 32.1. The van der Waals surface area contributed by atoms with Gasteiger partial charge in [0.2, 0.25) is 0 Å². The van der Waals surface area contributed by atoms with Crippen molar-refractivity contribution in [1.29, 1.82) is 0 Å². The zero-order valence-corrected chi connectivity index (χ0v) is 42.4. The van der Waals surface area contributed by atoms with Crippen LogP contribution in [0.5, 0.6) is 17.2 Å². The molecule has 6 aromatic heterocycles. The first kappa shape index (κ1) is 46.4. The van der Waals surface area contributed by atoms with Gasteiger partial charge in [-0.3, -0.25) is 23.1 Å². The van der Waals surface area contributed by atoms with Crippen LogP contribution in [-0.4, -0.2) is 65.1 Å². The summed E-state index contributed by atoms with van der Waals surface area (Å²) in [5, 5.41) is 34.2. The van der Waals surface area contributed by atoms with E-state index in [-0.39, 0.29) is 54.3 Å². The molecule has 12 rings (SSSR count). The Hall–Kier alpha value is -6.67. The van der Waals surface area contributed by atoms with Crippen LogP contribution in [0.25, 0.3) is 59.4 Å². The minimum absolute atomic E-state index is 0.0119. The Kier molecular flexibility index (Phi) is 11.3. The second-order valence-electron chi connectivity index (χ2n) is 19.3. The van der Waals surface area contributed by atoms with E-state index in [1.807, 2.05) is 71.7 Å². The normalized spacial score (nSPS) is 19.9. The smallest absolute Gasteiger partial charge is 0.263 e. The van der Waals surface area contributed by atoms with E-state index in [0.29, 0.717) is 87.5 Å². The Bertz CT molecular complexity index is 3830. The third-order valence-corrected chi connectivity index (χ3v) is 17.9. The first-order valence-electron chi connectivity index (χ1n) is 23.9. The fraction of sp³-hybridized carbons (Fsp3) is 0.340. The van der Waals surface area contributed by atoms with Gasteiger partial charge in [-0.15, -0.1) is 22.7 Å². The number of aliphatic hydroxyl groups is 1. The van der Waals surface area contributed by atoms with Crippen LogP contribution in [0.1, 0.15) is 101 Å². The molecule has 3 aliphatic carbocycles. The highest BCUT2D eigenvalue weighted by Gasteiger charge is 2.50. The quantitative estimate of drug-likeness (QED) is 0.100. The van der Waals surface area contributed by atoms with Crippen LogP contribution in [0.15, 0.2) is 82.1 Å². The molecule has 3 aromatic carbocycles. The molecule has 0 bridgehead atoms. The molecule has 19 heteroatoms. The number of thiophene rings is 2. The summed E-state index contributed by atoms with van der Waals surface area (Å²) in [5.41, 5.74) is 5.66. The number of nitrogens with zero attached hydrogens (tertiary/aromatic N) is 8. The zero-order valence-electron chi connectivity index (χ0n) is 39.9. The number of alkyl halides is 2. The van der Waals surface area contributed by atoms with Crippen molar-refractivity contribution in [1.82, 2.24) is 34.0 Å². The van der Waals surface area contributed by atoms with Crippen LogP contribution in [-0.2, 0) is 18.7 Å². The molecule has 6 heterocycles. The number of hydrogen-bond acceptors (Lipinski definition) is 13. The van der Waals surface area contributed by atoms with E-state index < -0.39 is 18.6 Å². The van der Waals surface area contributed by atoms with Gasteiger partial charge in [0.1, 0.15) is 44.2 Å². The van der Waals surface area contributed by atoms with Crippen LogP contribution < -0.4 is 25.3 Å². The Morgan fingerprint density at radius 1 is 0.931 bits per heavy atom. The predicted molar refractivity (Wildman–Crippen MR) is 275 cm³/mol. The van der Waals surface area contributed by atoms with Crippen LogP contribution in [0.2, 0.25) is 0 Å². The first-order valence-corrected chi connectivity index (χ1v) is 26.4. The maximum Gasteiger partial charge on any atom is 0.263 e. The summed E-state index contributed by atoms with van der Waals surface area (Å²) < 4.78 is 46.2. The largest absolute Gasteiger partial charge is 0.506 e. The predicted octanol–water partition coefficient (Wildman–Crippen LogP) is 10.1. The van der Waals surface area contributed by atoms with E-state index in [9.17, 15) is 23.8 Å². The maximum atomic E-state index is 15.1. The molecule has 14 nitrogen and oxygen atoms in total. The lowest BCUT2D eigenvalue weighted by Crippen LogP contribution is -2.35. The highest BCUT2D eigenvalue weighted by molar-refractivity contribution is 7.25. The number of fused-ring (bicyclic) bond motifs is 6. The molecule has 2 fully saturated rings. The summed E-state index contributed by atoms with van der Waals surface area (Å²) in [6, 6.07) is 15.1. The maximum absolute atomic E-state index is 15.1. The Morgan fingerprint density at radius 3 is 2.32 bits per heavy atom. The average molecular weight is 1030 g/mol. The molecule has 0 aliphatic heterocycles. The average Bonchev–Trinajstić information content (AvgIpc) is 4.16. The number of phenolic OH excluding ortho intramolecular Hbond substituents is 1. The van der Waals surface area contributed by atoms with Gasteiger partial charge < -0.3 is 19.7 Å². The van der Waals surface area contributed by atoms with Gasteiger partial charge in [-0.1, -0.05) is 47.2 Å². The summed E-state index contributed by atoms with van der Waals surface area (Å²) in [4.78, 5) is 42.2. The lowest BCUT2D eigenvalue weighted by Gasteiger charge is -2.30. The van der Waals surface area contributed by atoms with E-state index in [1.165, 1.54) is 46.4 Å². The Morgan fingerprint density at radius 2 is 1.61 bits per heavy atom. The molecule has 9 aromatic rings. The monoisotopic (exact) mass is 1030 g/mol. The van der Waals surface area contributed by atoms with Crippen LogP contribution in [0, 0.1) is 12.8 Å². The minimum atomic E-state index is -1.67. The van der Waals surface area contributed by atoms with Gasteiger partial charge in [0.15, 0.2) is 17.3 Å². The molecule has 0 radical (unpaired) electrons. The fourth-order valence-corrected chi connectivity index (χ4v) is 13.4. The molecule has 72 heavy (non-hydrogen) atoms. The van der Waals surface area contributed by atoms with Gasteiger partial charge in [-0.05, 0) is 85.7 Å². The van der Waals surface area contributed by atoms with Crippen molar-refractivity contribution >= 4 is 70.6 Å². The summed E-state index contributed by atoms with van der Waals surface area (Å²) in [6.45, 7) is 4.86. The molecule has 368 valence electrons. The van der Waals surface area contributed by atoms with Crippen LogP contribution in [0.3, 0.4) is 0 Å². The number of hydrogen-bond donors (Lipinski definition) is 2. The lowest BCUT2D eigenvalue weighted by atomic mass is 9.82. The zero-order chi connectivity index (χ0) is 49.9. The van der Waals surface area contributed by atoms with Gasteiger partial charge >= 0.3 is 0 Å². The second kappa shape index (κ2) is 17.5. The first-order chi connectivity index (χ1) is 34.8. The number of halogens is 2. The minimum Gasteiger partial charge on any atom is -0.506 e. The second-order valence-corrected chi connectivity index (χ2v) is 22.2. The van der Waals surface area contributed by atoms with Crippen molar-refractivity contribution in [2.24, 2.45) is 5.92 Å². The van der Waals surface area contributed by atoms with E-state index >= 15 is 4.79 Å². The summed E-state index contributed by atoms with van der Waals surface area (Å²) >= 11 is 4.07.